The summed E-state index contributed by atoms with van der Waals surface area (Å²) in [6, 6.07) is 11.5. The van der Waals surface area contributed by atoms with Gasteiger partial charge in [0, 0.05) is 42.8 Å². The zero-order chi connectivity index (χ0) is 22.7. The number of carbonyl (C=O) groups is 1. The smallest absolute Gasteiger partial charge is 0.276 e. The minimum atomic E-state index is -0.354. The van der Waals surface area contributed by atoms with Crippen LogP contribution in [0.25, 0.3) is 0 Å². The number of carbonyl (C=O) groups excluding carboxylic acids is 1. The molecular formula is C23H22Cl2FN3O3. The van der Waals surface area contributed by atoms with Crippen molar-refractivity contribution in [1.82, 2.24) is 15.0 Å². The molecule has 1 saturated heterocycles. The molecule has 1 amide bonds. The average Bonchev–Trinajstić information content (AvgIpc) is 3.14. The Hall–Kier alpha value is -2.61. The van der Waals surface area contributed by atoms with Crippen molar-refractivity contribution >= 4 is 29.1 Å². The van der Waals surface area contributed by atoms with Crippen molar-refractivity contribution in [3.8, 4) is 5.75 Å². The molecule has 32 heavy (non-hydrogen) atoms. The van der Waals surface area contributed by atoms with Crippen LogP contribution in [0, 0.1) is 12.7 Å². The second-order valence-electron chi connectivity index (χ2n) is 7.62. The van der Waals surface area contributed by atoms with Crippen molar-refractivity contribution < 1.29 is 18.4 Å². The predicted molar refractivity (Wildman–Crippen MR) is 120 cm³/mol. The highest BCUT2D eigenvalue weighted by atomic mass is 35.5. The first-order valence-electron chi connectivity index (χ1n) is 10.2. The first kappa shape index (κ1) is 22.6. The maximum Gasteiger partial charge on any atom is 0.276 e. The predicted octanol–water partition coefficient (Wildman–Crippen LogP) is 4.97. The van der Waals surface area contributed by atoms with Crippen LogP contribution in [-0.2, 0) is 13.2 Å². The Morgan fingerprint density at radius 3 is 2.66 bits per heavy atom. The number of piperazine rings is 1. The van der Waals surface area contributed by atoms with Gasteiger partial charge in [0.05, 0.1) is 5.56 Å². The Morgan fingerprint density at radius 1 is 1.16 bits per heavy atom. The molecule has 3 aromatic rings. The van der Waals surface area contributed by atoms with Crippen molar-refractivity contribution in [3.05, 3.63) is 80.9 Å². The van der Waals surface area contributed by atoms with Gasteiger partial charge in [-0.1, -0.05) is 40.5 Å². The number of amides is 1. The summed E-state index contributed by atoms with van der Waals surface area (Å²) in [6.45, 7) is 4.93. The summed E-state index contributed by atoms with van der Waals surface area (Å²) in [4.78, 5) is 17.0. The Balaban J connectivity index is 1.37. The lowest BCUT2D eigenvalue weighted by Crippen LogP contribution is -2.48. The average molecular weight is 478 g/mol. The topological polar surface area (TPSA) is 58.8 Å². The third kappa shape index (κ3) is 5.23. The van der Waals surface area contributed by atoms with Crippen LogP contribution in [0.2, 0.25) is 10.0 Å². The fourth-order valence-corrected chi connectivity index (χ4v) is 4.00. The molecule has 4 rings (SSSR count). The van der Waals surface area contributed by atoms with E-state index in [1.807, 2.05) is 0 Å². The summed E-state index contributed by atoms with van der Waals surface area (Å²) in [6.07, 6.45) is 0. The van der Waals surface area contributed by atoms with Crippen molar-refractivity contribution in [3.63, 3.8) is 0 Å². The number of nitrogens with zero attached hydrogens (tertiary/aromatic N) is 3. The number of hydrogen-bond donors (Lipinski definition) is 0. The SMILES string of the molecule is Cc1onc(C(=O)N2CCN(Cc3ccc(F)cc3Cl)CC2)c1COc1cccc(Cl)c1. The molecule has 1 aliphatic heterocycles. The molecule has 1 fully saturated rings. The van der Waals surface area contributed by atoms with E-state index in [0.29, 0.717) is 59.8 Å². The summed E-state index contributed by atoms with van der Waals surface area (Å²) in [7, 11) is 0. The zero-order valence-corrected chi connectivity index (χ0v) is 19.0. The highest BCUT2D eigenvalue weighted by Crippen LogP contribution is 2.23. The number of benzene rings is 2. The molecule has 1 aromatic heterocycles. The van der Waals surface area contributed by atoms with Crippen LogP contribution in [0.5, 0.6) is 5.75 Å². The van der Waals surface area contributed by atoms with Gasteiger partial charge in [-0.05, 0) is 42.8 Å². The van der Waals surface area contributed by atoms with E-state index in [2.05, 4.69) is 10.1 Å². The van der Waals surface area contributed by atoms with E-state index in [0.717, 1.165) is 5.56 Å². The van der Waals surface area contributed by atoms with Crippen molar-refractivity contribution in [1.29, 1.82) is 0 Å². The van der Waals surface area contributed by atoms with Gasteiger partial charge in [0.25, 0.3) is 5.91 Å². The highest BCUT2D eigenvalue weighted by Gasteiger charge is 2.28. The van der Waals surface area contributed by atoms with Gasteiger partial charge in [-0.15, -0.1) is 0 Å². The number of aromatic nitrogens is 1. The second-order valence-corrected chi connectivity index (χ2v) is 8.46. The van der Waals surface area contributed by atoms with E-state index >= 15 is 0 Å². The molecule has 0 radical (unpaired) electrons. The minimum Gasteiger partial charge on any atom is -0.489 e. The molecule has 2 aromatic carbocycles. The van der Waals surface area contributed by atoms with Gasteiger partial charge in [-0.3, -0.25) is 9.69 Å². The fourth-order valence-electron chi connectivity index (χ4n) is 3.59. The maximum absolute atomic E-state index is 13.3. The molecule has 0 bridgehead atoms. The van der Waals surface area contributed by atoms with Crippen molar-refractivity contribution in [2.24, 2.45) is 0 Å². The summed E-state index contributed by atoms with van der Waals surface area (Å²) in [5, 5.41) is 4.97. The van der Waals surface area contributed by atoms with E-state index in [1.54, 1.807) is 42.2 Å². The van der Waals surface area contributed by atoms with Crippen LogP contribution in [0.1, 0.15) is 27.4 Å². The lowest BCUT2D eigenvalue weighted by molar-refractivity contribution is 0.0616. The molecule has 6 nitrogen and oxygen atoms in total. The standard InChI is InChI=1S/C23H22Cl2FN3O3/c1-15-20(14-31-19-4-2-3-17(24)11-19)22(27-32-15)23(30)29-9-7-28(8-10-29)13-16-5-6-18(26)12-21(16)25/h2-6,11-12H,7-10,13-14H2,1H3. The van der Waals surface area contributed by atoms with Crippen LogP contribution in [0.15, 0.2) is 47.0 Å². The quantitative estimate of drug-likeness (QED) is 0.501. The number of rotatable bonds is 6. The van der Waals surface area contributed by atoms with Crippen LogP contribution < -0.4 is 4.74 Å². The molecule has 0 unspecified atom stereocenters. The summed E-state index contributed by atoms with van der Waals surface area (Å²) < 4.78 is 24.3. The van der Waals surface area contributed by atoms with Gasteiger partial charge in [0.15, 0.2) is 5.69 Å². The van der Waals surface area contributed by atoms with Crippen molar-refractivity contribution in [2.75, 3.05) is 26.2 Å². The molecular weight excluding hydrogens is 456 g/mol. The van der Waals surface area contributed by atoms with E-state index in [4.69, 9.17) is 32.5 Å². The molecule has 0 atom stereocenters. The molecule has 168 valence electrons. The van der Waals surface area contributed by atoms with Gasteiger partial charge in [0.1, 0.15) is 23.9 Å². The monoisotopic (exact) mass is 477 g/mol. The zero-order valence-electron chi connectivity index (χ0n) is 17.5. The van der Waals surface area contributed by atoms with Gasteiger partial charge in [0.2, 0.25) is 0 Å². The lowest BCUT2D eigenvalue weighted by atomic mass is 10.1. The third-order valence-electron chi connectivity index (χ3n) is 5.44. The molecule has 9 heteroatoms. The van der Waals surface area contributed by atoms with Crippen LogP contribution in [-0.4, -0.2) is 47.0 Å². The molecule has 2 heterocycles. The van der Waals surface area contributed by atoms with E-state index in [-0.39, 0.29) is 24.0 Å². The number of halogens is 3. The van der Waals surface area contributed by atoms with Gasteiger partial charge in [-0.2, -0.15) is 0 Å². The maximum atomic E-state index is 13.3. The molecule has 1 aliphatic rings. The van der Waals surface area contributed by atoms with E-state index < -0.39 is 0 Å². The van der Waals surface area contributed by atoms with Gasteiger partial charge in [-0.25, -0.2) is 4.39 Å². The Kier molecular flexibility index (Phi) is 6.98. The number of hydrogen-bond acceptors (Lipinski definition) is 5. The summed E-state index contributed by atoms with van der Waals surface area (Å²) in [5.41, 5.74) is 1.75. The largest absolute Gasteiger partial charge is 0.489 e. The Morgan fingerprint density at radius 2 is 1.94 bits per heavy atom. The van der Waals surface area contributed by atoms with Gasteiger partial charge < -0.3 is 14.2 Å². The molecule has 0 saturated carbocycles. The van der Waals surface area contributed by atoms with Crippen molar-refractivity contribution in [2.45, 2.75) is 20.1 Å². The molecule has 0 spiro atoms. The summed E-state index contributed by atoms with van der Waals surface area (Å²) in [5.74, 6) is 0.600. The normalized spacial score (nSPS) is 14.6. The first-order valence-corrected chi connectivity index (χ1v) is 11.0. The third-order valence-corrected chi connectivity index (χ3v) is 6.02. The number of aryl methyl sites for hydroxylation is 1. The summed E-state index contributed by atoms with van der Waals surface area (Å²) >= 11 is 12.1. The van der Waals surface area contributed by atoms with Crippen LogP contribution in [0.3, 0.4) is 0 Å². The lowest BCUT2D eigenvalue weighted by Gasteiger charge is -2.34. The number of ether oxygens (including phenoxy) is 1. The Labute approximate surface area is 195 Å². The van der Waals surface area contributed by atoms with Gasteiger partial charge >= 0.3 is 0 Å². The van der Waals surface area contributed by atoms with E-state index in [1.165, 1.54) is 12.1 Å². The molecule has 0 N–H and O–H groups in total. The highest BCUT2D eigenvalue weighted by molar-refractivity contribution is 6.31. The Bertz CT molecular complexity index is 1110. The second kappa shape index (κ2) is 9.90. The fraction of sp³-hybridized carbons (Fsp3) is 0.304. The van der Waals surface area contributed by atoms with Crippen LogP contribution >= 0.6 is 23.2 Å². The van der Waals surface area contributed by atoms with E-state index in [9.17, 15) is 9.18 Å². The minimum absolute atomic E-state index is 0.153. The first-order chi connectivity index (χ1) is 15.4. The molecule has 0 aliphatic carbocycles. The van der Waals surface area contributed by atoms with Crippen LogP contribution in [0.4, 0.5) is 4.39 Å².